The zero-order valence-electron chi connectivity index (χ0n) is 12.1. The summed E-state index contributed by atoms with van der Waals surface area (Å²) < 4.78 is 0. The molecule has 0 aliphatic carbocycles. The molecule has 0 saturated heterocycles. The highest BCUT2D eigenvalue weighted by molar-refractivity contribution is 5.92. The first-order valence-electron chi connectivity index (χ1n) is 6.78. The second-order valence-corrected chi connectivity index (χ2v) is 4.88. The Morgan fingerprint density at radius 1 is 1.04 bits per heavy atom. The Morgan fingerprint density at radius 2 is 1.70 bits per heavy atom. The van der Waals surface area contributed by atoms with Crippen LogP contribution in [-0.4, -0.2) is 21.9 Å². The molecule has 0 unspecified atom stereocenters. The maximum Gasteiger partial charge on any atom is 0.307 e. The number of hydrogen-bond donors (Lipinski definition) is 2. The fraction of sp³-hybridized carbons (Fsp3) is 0.125. The molecule has 2 aromatic rings. The quantitative estimate of drug-likeness (QED) is 0.628. The van der Waals surface area contributed by atoms with E-state index in [-0.39, 0.29) is 24.4 Å². The number of nitrogens with one attached hydrogen (secondary N) is 1. The van der Waals surface area contributed by atoms with Crippen LogP contribution in [0, 0.1) is 10.1 Å². The van der Waals surface area contributed by atoms with Crippen LogP contribution in [0.15, 0.2) is 48.5 Å². The van der Waals surface area contributed by atoms with Gasteiger partial charge in [0.25, 0.3) is 5.69 Å². The van der Waals surface area contributed by atoms with E-state index in [4.69, 9.17) is 5.11 Å². The predicted octanol–water partition coefficient (Wildman–Crippen LogP) is 2.40. The number of rotatable bonds is 6. The van der Waals surface area contributed by atoms with E-state index in [1.807, 2.05) is 0 Å². The zero-order chi connectivity index (χ0) is 16.8. The van der Waals surface area contributed by atoms with Crippen LogP contribution in [0.3, 0.4) is 0 Å². The van der Waals surface area contributed by atoms with E-state index in [2.05, 4.69) is 5.32 Å². The number of nitro groups is 1. The summed E-state index contributed by atoms with van der Waals surface area (Å²) in [6, 6.07) is 12.5. The number of nitrogens with zero attached hydrogens (tertiary/aromatic N) is 1. The van der Waals surface area contributed by atoms with Crippen LogP contribution in [0.2, 0.25) is 0 Å². The van der Waals surface area contributed by atoms with Crippen molar-refractivity contribution in [2.45, 2.75) is 12.8 Å². The van der Waals surface area contributed by atoms with Crippen LogP contribution in [0.25, 0.3) is 0 Å². The Kier molecular flexibility index (Phi) is 5.03. The van der Waals surface area contributed by atoms with Gasteiger partial charge in [0.15, 0.2) is 0 Å². The van der Waals surface area contributed by atoms with E-state index in [0.717, 1.165) is 0 Å². The molecule has 2 rings (SSSR count). The van der Waals surface area contributed by atoms with Gasteiger partial charge in [-0.2, -0.15) is 0 Å². The number of aliphatic carboxylic acids is 1. The van der Waals surface area contributed by atoms with Crippen molar-refractivity contribution >= 4 is 23.3 Å². The van der Waals surface area contributed by atoms with E-state index in [0.29, 0.717) is 16.8 Å². The first kappa shape index (κ1) is 16.2. The highest BCUT2D eigenvalue weighted by Gasteiger charge is 2.15. The molecule has 0 radical (unpaired) electrons. The Bertz CT molecular complexity index is 740. The molecule has 118 valence electrons. The van der Waals surface area contributed by atoms with E-state index < -0.39 is 10.9 Å². The number of para-hydroxylation sites is 1. The largest absolute Gasteiger partial charge is 0.481 e. The smallest absolute Gasteiger partial charge is 0.307 e. The van der Waals surface area contributed by atoms with Crippen molar-refractivity contribution in [1.29, 1.82) is 0 Å². The minimum absolute atomic E-state index is 0.0928. The number of carbonyl (C=O) groups is 2. The van der Waals surface area contributed by atoms with Crippen LogP contribution in [0.1, 0.15) is 11.1 Å². The predicted molar refractivity (Wildman–Crippen MR) is 83.2 cm³/mol. The van der Waals surface area contributed by atoms with Crippen molar-refractivity contribution in [3.63, 3.8) is 0 Å². The summed E-state index contributed by atoms with van der Waals surface area (Å²) in [6.45, 7) is 0. The summed E-state index contributed by atoms with van der Waals surface area (Å²) in [7, 11) is 0. The molecule has 0 heterocycles. The van der Waals surface area contributed by atoms with Gasteiger partial charge in [-0.15, -0.1) is 0 Å². The van der Waals surface area contributed by atoms with Crippen molar-refractivity contribution in [3.8, 4) is 0 Å². The molecule has 0 fully saturated rings. The van der Waals surface area contributed by atoms with Crippen molar-refractivity contribution in [3.05, 3.63) is 69.8 Å². The summed E-state index contributed by atoms with van der Waals surface area (Å²) in [5, 5.41) is 22.2. The van der Waals surface area contributed by atoms with Gasteiger partial charge in [-0.25, -0.2) is 0 Å². The lowest BCUT2D eigenvalue weighted by molar-refractivity contribution is -0.385. The Morgan fingerprint density at radius 3 is 2.30 bits per heavy atom. The van der Waals surface area contributed by atoms with Crippen LogP contribution >= 0.6 is 0 Å². The van der Waals surface area contributed by atoms with E-state index >= 15 is 0 Å². The molecule has 0 bridgehead atoms. The maximum absolute atomic E-state index is 12.0. The fourth-order valence-electron chi connectivity index (χ4n) is 2.10. The van der Waals surface area contributed by atoms with Gasteiger partial charge in [0, 0.05) is 17.3 Å². The molecule has 7 heteroatoms. The number of carboxylic acids is 1. The minimum atomic E-state index is -0.932. The first-order chi connectivity index (χ1) is 11.0. The third-order valence-electron chi connectivity index (χ3n) is 3.13. The SMILES string of the molecule is O=C(O)Cc1ccc(NC(=O)Cc2ccccc2[N+](=O)[O-])cc1. The summed E-state index contributed by atoms with van der Waals surface area (Å²) in [5.41, 5.74) is 1.36. The molecule has 7 nitrogen and oxygen atoms in total. The topological polar surface area (TPSA) is 110 Å². The number of carbonyl (C=O) groups excluding carboxylic acids is 1. The normalized spacial score (nSPS) is 10.1. The second kappa shape index (κ2) is 7.17. The summed E-state index contributed by atoms with van der Waals surface area (Å²) in [4.78, 5) is 33.0. The average Bonchev–Trinajstić information content (AvgIpc) is 2.49. The third kappa shape index (κ3) is 4.63. The molecule has 0 spiro atoms. The molecule has 23 heavy (non-hydrogen) atoms. The van der Waals surface area contributed by atoms with Gasteiger partial charge < -0.3 is 10.4 Å². The van der Waals surface area contributed by atoms with Crippen molar-refractivity contribution in [2.75, 3.05) is 5.32 Å². The molecular formula is C16H14N2O5. The van der Waals surface area contributed by atoms with Gasteiger partial charge in [0.05, 0.1) is 17.8 Å². The number of nitro benzene ring substituents is 1. The number of amides is 1. The minimum Gasteiger partial charge on any atom is -0.481 e. The summed E-state index contributed by atoms with van der Waals surface area (Å²) in [5.74, 6) is -1.32. The van der Waals surface area contributed by atoms with Gasteiger partial charge in [0.1, 0.15) is 0 Å². The van der Waals surface area contributed by atoms with Gasteiger partial charge in [-0.3, -0.25) is 19.7 Å². The van der Waals surface area contributed by atoms with E-state index in [1.54, 1.807) is 36.4 Å². The van der Waals surface area contributed by atoms with E-state index in [1.165, 1.54) is 12.1 Å². The highest BCUT2D eigenvalue weighted by Crippen LogP contribution is 2.19. The zero-order valence-corrected chi connectivity index (χ0v) is 12.1. The summed E-state index contributed by atoms with van der Waals surface area (Å²) >= 11 is 0. The van der Waals surface area contributed by atoms with Gasteiger partial charge >= 0.3 is 5.97 Å². The van der Waals surface area contributed by atoms with Crippen LogP contribution in [0.4, 0.5) is 11.4 Å². The monoisotopic (exact) mass is 314 g/mol. The highest BCUT2D eigenvalue weighted by atomic mass is 16.6. The first-order valence-corrected chi connectivity index (χ1v) is 6.78. The molecule has 0 aromatic heterocycles. The van der Waals surface area contributed by atoms with Crippen molar-refractivity contribution in [1.82, 2.24) is 0 Å². The Labute approximate surface area is 131 Å². The Balaban J connectivity index is 2.02. The third-order valence-corrected chi connectivity index (χ3v) is 3.13. The molecule has 0 atom stereocenters. The second-order valence-electron chi connectivity index (χ2n) is 4.88. The fourth-order valence-corrected chi connectivity index (χ4v) is 2.10. The molecular weight excluding hydrogens is 300 g/mol. The maximum atomic E-state index is 12.0. The van der Waals surface area contributed by atoms with Crippen molar-refractivity contribution in [2.24, 2.45) is 0 Å². The van der Waals surface area contributed by atoms with Crippen LogP contribution in [-0.2, 0) is 22.4 Å². The molecule has 0 aliphatic rings. The number of hydrogen-bond acceptors (Lipinski definition) is 4. The number of benzene rings is 2. The van der Waals surface area contributed by atoms with Crippen LogP contribution < -0.4 is 5.32 Å². The Hall–Kier alpha value is -3.22. The molecule has 2 N–H and O–H groups in total. The average molecular weight is 314 g/mol. The van der Waals surface area contributed by atoms with Crippen LogP contribution in [0.5, 0.6) is 0 Å². The molecule has 0 saturated carbocycles. The molecule has 2 aromatic carbocycles. The number of anilines is 1. The molecule has 1 amide bonds. The lowest BCUT2D eigenvalue weighted by atomic mass is 10.1. The van der Waals surface area contributed by atoms with Gasteiger partial charge in [-0.05, 0) is 17.7 Å². The lowest BCUT2D eigenvalue weighted by Gasteiger charge is -2.06. The molecule has 0 aliphatic heterocycles. The summed E-state index contributed by atoms with van der Waals surface area (Å²) in [6.07, 6.45) is -0.210. The number of carboxylic acid groups (broad SMARTS) is 1. The standard InChI is InChI=1S/C16H14N2O5/c19-15(10-12-3-1-2-4-14(12)18(22)23)17-13-7-5-11(6-8-13)9-16(20)21/h1-8H,9-10H2,(H,17,19)(H,20,21). The lowest BCUT2D eigenvalue weighted by Crippen LogP contribution is -2.15. The van der Waals surface area contributed by atoms with Gasteiger partial charge in [0.2, 0.25) is 5.91 Å². The van der Waals surface area contributed by atoms with E-state index in [9.17, 15) is 19.7 Å². The van der Waals surface area contributed by atoms with Crippen molar-refractivity contribution < 1.29 is 19.6 Å². The van der Waals surface area contributed by atoms with Gasteiger partial charge in [-0.1, -0.05) is 30.3 Å².